The summed E-state index contributed by atoms with van der Waals surface area (Å²) in [6.07, 6.45) is 1.20. The van der Waals surface area contributed by atoms with Crippen molar-refractivity contribution in [3.05, 3.63) is 29.6 Å². The van der Waals surface area contributed by atoms with Gasteiger partial charge in [-0.05, 0) is 36.0 Å². The molecular weight excluding hydrogens is 512 g/mol. The lowest BCUT2D eigenvalue weighted by Crippen LogP contribution is -2.55. The number of phenols is 1. The largest absolute Gasteiger partial charge is 0.505 e. The predicted octanol–water partition coefficient (Wildman–Crippen LogP) is 2.35. The van der Waals surface area contributed by atoms with Gasteiger partial charge < -0.3 is 20.2 Å². The third-order valence-corrected chi connectivity index (χ3v) is 5.93. The number of amides is 1. The zero-order valence-corrected chi connectivity index (χ0v) is 21.0. The number of guanidine groups is 1. The number of nitrogens with zero attached hydrogens (tertiary/aromatic N) is 4. The number of phenolic OH excluding ortho intramolecular Hbond substituents is 1. The molecule has 0 saturated carbocycles. The molecule has 2 atom stereocenters. The molecule has 1 aromatic rings. The first-order chi connectivity index (χ1) is 14.4. The van der Waals surface area contributed by atoms with Crippen LogP contribution in [0.2, 0.25) is 0 Å². The number of carbonyl (C=O) groups is 1. The fraction of sp³-hybridized carbons (Fsp3) is 0.636. The van der Waals surface area contributed by atoms with E-state index >= 15 is 0 Å². The Morgan fingerprint density at radius 2 is 1.81 bits per heavy atom. The zero-order valence-electron chi connectivity index (χ0n) is 18.7. The highest BCUT2D eigenvalue weighted by atomic mass is 127. The van der Waals surface area contributed by atoms with Crippen LogP contribution >= 0.6 is 24.0 Å². The fourth-order valence-electron chi connectivity index (χ4n) is 4.45. The average Bonchev–Trinajstić information content (AvgIpc) is 2.71. The zero-order chi connectivity index (χ0) is 21.7. The molecule has 2 fully saturated rings. The molecule has 2 heterocycles. The molecule has 0 radical (unpaired) electrons. The number of piperazine rings is 1. The van der Waals surface area contributed by atoms with Crippen LogP contribution in [0.5, 0.6) is 5.75 Å². The van der Waals surface area contributed by atoms with Crippen LogP contribution in [0.3, 0.4) is 0 Å². The van der Waals surface area contributed by atoms with E-state index in [0.717, 1.165) is 50.8 Å². The number of piperidine rings is 1. The summed E-state index contributed by atoms with van der Waals surface area (Å²) in [7, 11) is 1.73. The normalized spacial score (nSPS) is 22.8. The van der Waals surface area contributed by atoms with Crippen LogP contribution in [0, 0.1) is 17.7 Å². The van der Waals surface area contributed by atoms with Gasteiger partial charge in [0, 0.05) is 52.9 Å². The first kappa shape index (κ1) is 25.6. The Morgan fingerprint density at radius 3 is 2.39 bits per heavy atom. The molecule has 31 heavy (non-hydrogen) atoms. The molecule has 3 rings (SSSR count). The molecule has 9 heteroatoms. The minimum atomic E-state index is -0.625. The van der Waals surface area contributed by atoms with Crippen molar-refractivity contribution in [3.8, 4) is 5.75 Å². The first-order valence-corrected chi connectivity index (χ1v) is 10.8. The van der Waals surface area contributed by atoms with Crippen LogP contribution in [0.25, 0.3) is 0 Å². The van der Waals surface area contributed by atoms with Gasteiger partial charge in [-0.2, -0.15) is 0 Å². The average molecular weight is 547 g/mol. The number of aromatic hydroxyl groups is 1. The molecule has 7 nitrogen and oxygen atoms in total. The molecule has 0 bridgehead atoms. The van der Waals surface area contributed by atoms with Crippen molar-refractivity contribution in [1.82, 2.24) is 20.0 Å². The number of nitrogens with one attached hydrogen (secondary N) is 1. The van der Waals surface area contributed by atoms with Gasteiger partial charge in [-0.25, -0.2) is 4.39 Å². The third kappa shape index (κ3) is 7.20. The van der Waals surface area contributed by atoms with Crippen LogP contribution < -0.4 is 5.32 Å². The van der Waals surface area contributed by atoms with E-state index in [2.05, 4.69) is 34.0 Å². The lowest BCUT2D eigenvalue weighted by atomic mass is 9.92. The molecule has 0 aromatic heterocycles. The number of benzene rings is 1. The van der Waals surface area contributed by atoms with Gasteiger partial charge in [-0.15, -0.1) is 24.0 Å². The van der Waals surface area contributed by atoms with E-state index < -0.39 is 5.82 Å². The molecule has 2 saturated heterocycles. The van der Waals surface area contributed by atoms with E-state index in [4.69, 9.17) is 0 Å². The van der Waals surface area contributed by atoms with Gasteiger partial charge in [0.2, 0.25) is 5.91 Å². The van der Waals surface area contributed by atoms with Crippen LogP contribution in [-0.4, -0.2) is 84.5 Å². The second-order valence-electron chi connectivity index (χ2n) is 8.69. The summed E-state index contributed by atoms with van der Waals surface area (Å²) in [4.78, 5) is 23.5. The van der Waals surface area contributed by atoms with Gasteiger partial charge in [0.05, 0.1) is 6.54 Å². The summed E-state index contributed by atoms with van der Waals surface area (Å²) >= 11 is 0. The molecule has 1 amide bonds. The molecule has 0 spiro atoms. The Balaban J connectivity index is 0.00000341. The molecular formula is C22H35FIN5O2. The summed E-state index contributed by atoms with van der Waals surface area (Å²) in [5.41, 5.74) is 0.737. The van der Waals surface area contributed by atoms with E-state index in [1.54, 1.807) is 13.1 Å². The van der Waals surface area contributed by atoms with Gasteiger partial charge >= 0.3 is 0 Å². The van der Waals surface area contributed by atoms with Crippen molar-refractivity contribution in [2.45, 2.75) is 26.8 Å². The first-order valence-electron chi connectivity index (χ1n) is 10.8. The van der Waals surface area contributed by atoms with Crippen molar-refractivity contribution in [2.75, 3.05) is 52.9 Å². The van der Waals surface area contributed by atoms with Crippen molar-refractivity contribution >= 4 is 35.8 Å². The predicted molar refractivity (Wildman–Crippen MR) is 131 cm³/mol. The maximum Gasteiger partial charge on any atom is 0.236 e. The smallest absolute Gasteiger partial charge is 0.236 e. The van der Waals surface area contributed by atoms with Crippen molar-refractivity contribution in [2.24, 2.45) is 16.8 Å². The van der Waals surface area contributed by atoms with Crippen molar-refractivity contribution in [3.63, 3.8) is 0 Å². The Hall–Kier alpha value is -1.62. The van der Waals surface area contributed by atoms with Crippen LogP contribution in [0.15, 0.2) is 23.2 Å². The van der Waals surface area contributed by atoms with E-state index in [1.807, 2.05) is 4.90 Å². The van der Waals surface area contributed by atoms with Gasteiger partial charge in [-0.3, -0.25) is 14.7 Å². The molecule has 0 aliphatic carbocycles. The summed E-state index contributed by atoms with van der Waals surface area (Å²) in [5, 5.41) is 12.6. The molecule has 174 valence electrons. The molecule has 1 aromatic carbocycles. The van der Waals surface area contributed by atoms with Gasteiger partial charge in [-0.1, -0.05) is 19.9 Å². The summed E-state index contributed by atoms with van der Waals surface area (Å²) in [6.45, 7) is 10.3. The number of rotatable bonds is 4. The monoisotopic (exact) mass is 547 g/mol. The summed E-state index contributed by atoms with van der Waals surface area (Å²) in [6, 6.07) is 4.36. The molecule has 2 N–H and O–H groups in total. The number of likely N-dealkylation sites (tertiary alicyclic amines) is 1. The Bertz CT molecular complexity index is 760. The summed E-state index contributed by atoms with van der Waals surface area (Å²) in [5.74, 6) is 1.17. The number of hydrogen-bond acceptors (Lipinski definition) is 4. The lowest BCUT2D eigenvalue weighted by molar-refractivity contribution is -0.135. The number of halogens is 2. The highest BCUT2D eigenvalue weighted by molar-refractivity contribution is 14.0. The van der Waals surface area contributed by atoms with E-state index in [-0.39, 0.29) is 35.6 Å². The minimum absolute atomic E-state index is 0. The number of carbonyl (C=O) groups excluding carboxylic acids is 1. The van der Waals surface area contributed by atoms with Crippen LogP contribution in [0.1, 0.15) is 25.8 Å². The van der Waals surface area contributed by atoms with Crippen molar-refractivity contribution in [1.29, 1.82) is 0 Å². The Kier molecular flexibility index (Phi) is 9.80. The van der Waals surface area contributed by atoms with Gasteiger partial charge in [0.1, 0.15) is 0 Å². The number of aliphatic imine (C=N–C) groups is 1. The highest BCUT2D eigenvalue weighted by Gasteiger charge is 2.28. The van der Waals surface area contributed by atoms with E-state index in [1.165, 1.54) is 18.6 Å². The topological polar surface area (TPSA) is 71.4 Å². The van der Waals surface area contributed by atoms with E-state index in [9.17, 15) is 14.3 Å². The molecule has 2 unspecified atom stereocenters. The third-order valence-electron chi connectivity index (χ3n) is 5.93. The maximum atomic E-state index is 13.5. The SMILES string of the molecule is CN=C(NCc1ccc(O)c(F)c1)N1CCN(CC(=O)N2CC(C)CC(C)C2)CC1.I. The quantitative estimate of drug-likeness (QED) is 0.344. The summed E-state index contributed by atoms with van der Waals surface area (Å²) < 4.78 is 13.5. The maximum absolute atomic E-state index is 13.5. The Morgan fingerprint density at radius 1 is 1.16 bits per heavy atom. The standard InChI is InChI=1S/C22H34FN5O2.HI/c1-16-10-17(2)14-28(13-16)21(30)15-26-6-8-27(9-7-26)22(24-3)25-12-18-4-5-20(29)19(23)11-18;/h4-5,11,16-17,29H,6-10,12-15H2,1-3H3,(H,24,25);1H. The molecule has 2 aliphatic heterocycles. The second-order valence-corrected chi connectivity index (χ2v) is 8.69. The number of hydrogen-bond donors (Lipinski definition) is 2. The van der Waals surface area contributed by atoms with Crippen molar-refractivity contribution < 1.29 is 14.3 Å². The van der Waals surface area contributed by atoms with Gasteiger partial charge in [0.15, 0.2) is 17.5 Å². The highest BCUT2D eigenvalue weighted by Crippen LogP contribution is 2.21. The Labute approximate surface area is 201 Å². The second kappa shape index (κ2) is 11.8. The fourth-order valence-corrected chi connectivity index (χ4v) is 4.45. The lowest BCUT2D eigenvalue weighted by Gasteiger charge is -2.39. The minimum Gasteiger partial charge on any atom is -0.505 e. The van der Waals surface area contributed by atoms with Crippen LogP contribution in [0.4, 0.5) is 4.39 Å². The van der Waals surface area contributed by atoms with Gasteiger partial charge in [0.25, 0.3) is 0 Å². The van der Waals surface area contributed by atoms with Crippen LogP contribution in [-0.2, 0) is 11.3 Å². The molecule has 2 aliphatic rings. The van der Waals surface area contributed by atoms with E-state index in [0.29, 0.717) is 24.9 Å².